The zero-order valence-electron chi connectivity index (χ0n) is 16.9. The van der Waals surface area contributed by atoms with Crippen LogP contribution in [-0.2, 0) is 15.4 Å². The minimum atomic E-state index is -3.36. The van der Waals surface area contributed by atoms with Crippen LogP contribution in [0.3, 0.4) is 0 Å². The highest BCUT2D eigenvalue weighted by Gasteiger charge is 2.34. The Morgan fingerprint density at radius 1 is 1.07 bits per heavy atom. The van der Waals surface area contributed by atoms with Crippen molar-refractivity contribution in [3.8, 4) is 11.5 Å². The molecule has 4 rings (SSSR count). The summed E-state index contributed by atoms with van der Waals surface area (Å²) in [5, 5.41) is 1.02. The van der Waals surface area contributed by atoms with Gasteiger partial charge in [0.05, 0.1) is 17.0 Å². The lowest BCUT2D eigenvalue weighted by Crippen LogP contribution is -2.25. The molecule has 1 aromatic heterocycles. The van der Waals surface area contributed by atoms with Crippen molar-refractivity contribution in [2.45, 2.75) is 39.0 Å². The van der Waals surface area contributed by atoms with Crippen LogP contribution in [0.25, 0.3) is 10.9 Å². The number of ether oxygens (including phenoxy) is 2. The first kappa shape index (κ1) is 19.6. The molecule has 2 N–H and O–H groups in total. The maximum absolute atomic E-state index is 12.1. The van der Waals surface area contributed by atoms with E-state index in [-0.39, 0.29) is 18.0 Å². The molecule has 0 bridgehead atoms. The predicted octanol–water partition coefficient (Wildman–Crippen LogP) is 4.76. The van der Waals surface area contributed by atoms with Crippen LogP contribution >= 0.6 is 0 Å². The van der Waals surface area contributed by atoms with Crippen molar-refractivity contribution in [3.63, 3.8) is 0 Å². The SMILES string of the molecule is CCC(CC)(c1ccc2c(c1)OCO2)c1c[nH]c2c(NS(=O)(=O)CC)cccc12. The third-order valence-corrected chi connectivity index (χ3v) is 7.30. The molecule has 0 saturated carbocycles. The summed E-state index contributed by atoms with van der Waals surface area (Å²) >= 11 is 0. The normalized spacial score (nSPS) is 13.8. The van der Waals surface area contributed by atoms with Gasteiger partial charge in [-0.25, -0.2) is 8.42 Å². The number of fused-ring (bicyclic) bond motifs is 2. The molecule has 6 nitrogen and oxygen atoms in total. The minimum absolute atomic E-state index is 0.0298. The Balaban J connectivity index is 1.87. The van der Waals surface area contributed by atoms with Crippen LogP contribution in [0.15, 0.2) is 42.6 Å². The van der Waals surface area contributed by atoms with Gasteiger partial charge in [0.15, 0.2) is 11.5 Å². The van der Waals surface area contributed by atoms with Gasteiger partial charge in [-0.3, -0.25) is 4.72 Å². The predicted molar refractivity (Wildman–Crippen MR) is 115 cm³/mol. The van der Waals surface area contributed by atoms with Gasteiger partial charge < -0.3 is 14.5 Å². The first-order chi connectivity index (χ1) is 13.9. The molecule has 3 aromatic rings. The van der Waals surface area contributed by atoms with Gasteiger partial charge in [-0.05, 0) is 49.1 Å². The standard InChI is InChI=1S/C22H26N2O4S/c1-4-22(5-2,15-10-11-19-20(12-15)28-14-27-19)17-13-23-21-16(17)8-7-9-18(21)24-29(25,26)6-3/h7-13,23-24H,4-6,14H2,1-3H3. The molecule has 2 heterocycles. The summed E-state index contributed by atoms with van der Waals surface area (Å²) < 4.78 is 38.0. The second-order valence-electron chi connectivity index (χ2n) is 7.29. The highest BCUT2D eigenvalue weighted by molar-refractivity contribution is 7.92. The van der Waals surface area contributed by atoms with Crippen molar-refractivity contribution >= 4 is 26.6 Å². The Hall–Kier alpha value is -2.67. The topological polar surface area (TPSA) is 80.4 Å². The Morgan fingerprint density at radius 2 is 1.83 bits per heavy atom. The fraction of sp³-hybridized carbons (Fsp3) is 0.364. The van der Waals surface area contributed by atoms with Gasteiger partial charge in [0, 0.05) is 17.0 Å². The van der Waals surface area contributed by atoms with Gasteiger partial charge in [0.25, 0.3) is 0 Å². The fourth-order valence-corrected chi connectivity index (χ4v) is 4.91. The molecule has 7 heteroatoms. The summed E-state index contributed by atoms with van der Waals surface area (Å²) in [6.45, 7) is 6.23. The van der Waals surface area contributed by atoms with Crippen molar-refractivity contribution < 1.29 is 17.9 Å². The zero-order chi connectivity index (χ0) is 20.6. The number of rotatable bonds is 7. The molecule has 0 aliphatic carbocycles. The summed E-state index contributed by atoms with van der Waals surface area (Å²) in [6.07, 6.45) is 3.79. The zero-order valence-corrected chi connectivity index (χ0v) is 17.7. The number of aromatic amines is 1. The van der Waals surface area contributed by atoms with E-state index >= 15 is 0 Å². The molecule has 0 atom stereocenters. The third-order valence-electron chi connectivity index (χ3n) is 6.01. The van der Waals surface area contributed by atoms with Crippen molar-refractivity contribution in [1.82, 2.24) is 4.98 Å². The van der Waals surface area contributed by atoms with Gasteiger partial charge in [-0.2, -0.15) is 0 Å². The van der Waals surface area contributed by atoms with Crippen molar-refractivity contribution in [2.24, 2.45) is 0 Å². The summed E-state index contributed by atoms with van der Waals surface area (Å²) in [5.41, 5.74) is 3.44. The number of para-hydroxylation sites is 1. The Bertz CT molecular complexity index is 1150. The molecule has 2 aromatic carbocycles. The van der Waals surface area contributed by atoms with Gasteiger partial charge in [-0.1, -0.05) is 32.0 Å². The summed E-state index contributed by atoms with van der Waals surface area (Å²) in [6, 6.07) is 11.9. The van der Waals surface area contributed by atoms with E-state index in [9.17, 15) is 8.42 Å². The Morgan fingerprint density at radius 3 is 2.55 bits per heavy atom. The number of aromatic nitrogens is 1. The molecule has 29 heavy (non-hydrogen) atoms. The van der Waals surface area contributed by atoms with Crippen molar-refractivity contribution in [3.05, 3.63) is 53.7 Å². The van der Waals surface area contributed by atoms with Crippen LogP contribution in [0.5, 0.6) is 11.5 Å². The van der Waals surface area contributed by atoms with Crippen LogP contribution in [0.1, 0.15) is 44.7 Å². The second kappa shape index (κ2) is 7.30. The molecule has 0 saturated heterocycles. The molecule has 0 unspecified atom stereocenters. The van der Waals surface area contributed by atoms with Crippen LogP contribution in [0.4, 0.5) is 5.69 Å². The van der Waals surface area contributed by atoms with Crippen molar-refractivity contribution in [1.29, 1.82) is 0 Å². The Labute approximate surface area is 171 Å². The highest BCUT2D eigenvalue weighted by Crippen LogP contribution is 2.46. The van der Waals surface area contributed by atoms with E-state index in [1.54, 1.807) is 13.0 Å². The largest absolute Gasteiger partial charge is 0.454 e. The van der Waals surface area contributed by atoms with Gasteiger partial charge in [0.1, 0.15) is 0 Å². The monoisotopic (exact) mass is 414 g/mol. The number of hydrogen-bond donors (Lipinski definition) is 2. The van der Waals surface area contributed by atoms with E-state index in [0.29, 0.717) is 5.69 Å². The van der Waals surface area contributed by atoms with E-state index in [2.05, 4.69) is 35.7 Å². The number of benzene rings is 2. The average Bonchev–Trinajstić information content (AvgIpc) is 3.37. The van der Waals surface area contributed by atoms with Crippen LogP contribution in [0, 0.1) is 0 Å². The molecule has 1 aliphatic rings. The van der Waals surface area contributed by atoms with Gasteiger partial charge in [-0.15, -0.1) is 0 Å². The van der Waals surface area contributed by atoms with E-state index in [0.717, 1.165) is 46.4 Å². The van der Waals surface area contributed by atoms with Crippen LogP contribution in [-0.4, -0.2) is 25.9 Å². The minimum Gasteiger partial charge on any atom is -0.454 e. The quantitative estimate of drug-likeness (QED) is 0.584. The smallest absolute Gasteiger partial charge is 0.232 e. The molecular weight excluding hydrogens is 388 g/mol. The molecule has 0 spiro atoms. The number of hydrogen-bond acceptors (Lipinski definition) is 4. The summed E-state index contributed by atoms with van der Waals surface area (Å²) in [5.74, 6) is 1.57. The first-order valence-electron chi connectivity index (χ1n) is 9.95. The highest BCUT2D eigenvalue weighted by atomic mass is 32.2. The van der Waals surface area contributed by atoms with Gasteiger partial charge >= 0.3 is 0 Å². The number of sulfonamides is 1. The number of nitrogens with one attached hydrogen (secondary N) is 2. The number of anilines is 1. The lowest BCUT2D eigenvalue weighted by Gasteiger charge is -2.32. The van der Waals surface area contributed by atoms with E-state index < -0.39 is 10.0 Å². The maximum Gasteiger partial charge on any atom is 0.232 e. The number of H-pyrrole nitrogens is 1. The lowest BCUT2D eigenvalue weighted by molar-refractivity contribution is 0.174. The molecule has 1 aliphatic heterocycles. The maximum atomic E-state index is 12.1. The molecule has 154 valence electrons. The summed E-state index contributed by atoms with van der Waals surface area (Å²) in [4.78, 5) is 3.32. The average molecular weight is 415 g/mol. The Kier molecular flexibility index (Phi) is 4.94. The third kappa shape index (κ3) is 3.23. The lowest BCUT2D eigenvalue weighted by atomic mass is 9.70. The fourth-order valence-electron chi connectivity index (χ4n) is 4.26. The van der Waals surface area contributed by atoms with Crippen LogP contribution in [0.2, 0.25) is 0 Å². The van der Waals surface area contributed by atoms with Crippen molar-refractivity contribution in [2.75, 3.05) is 17.3 Å². The molecule has 0 radical (unpaired) electrons. The molecular formula is C22H26N2O4S. The van der Waals surface area contributed by atoms with Gasteiger partial charge in [0.2, 0.25) is 16.8 Å². The molecule has 0 amide bonds. The van der Waals surface area contributed by atoms with Crippen LogP contribution < -0.4 is 14.2 Å². The summed E-state index contributed by atoms with van der Waals surface area (Å²) in [7, 11) is -3.36. The van der Waals surface area contributed by atoms with E-state index in [4.69, 9.17) is 9.47 Å². The van der Waals surface area contributed by atoms with E-state index in [1.165, 1.54) is 0 Å². The first-order valence-corrected chi connectivity index (χ1v) is 11.6. The van der Waals surface area contributed by atoms with E-state index in [1.807, 2.05) is 24.4 Å². The second-order valence-corrected chi connectivity index (χ2v) is 9.30. The molecule has 0 fully saturated rings.